The third kappa shape index (κ3) is 3.22. The lowest BCUT2D eigenvalue weighted by Gasteiger charge is -2.30. The first kappa shape index (κ1) is 14.0. The van der Waals surface area contributed by atoms with Crippen molar-refractivity contribution in [2.24, 2.45) is 5.73 Å². The molecule has 1 aromatic carbocycles. The van der Waals surface area contributed by atoms with Crippen molar-refractivity contribution >= 4 is 27.5 Å². The molecule has 0 aliphatic heterocycles. The van der Waals surface area contributed by atoms with Crippen molar-refractivity contribution < 1.29 is 0 Å². The molecule has 4 heteroatoms. The minimum Gasteiger partial charge on any atom is -0.384 e. The quantitative estimate of drug-likeness (QED) is 0.647. The molecule has 1 aromatic rings. The molecule has 94 valence electrons. The summed E-state index contributed by atoms with van der Waals surface area (Å²) in [5.41, 5.74) is 7.44. The molecule has 0 aliphatic rings. The number of rotatable bonds is 5. The van der Waals surface area contributed by atoms with Crippen LogP contribution in [0.25, 0.3) is 0 Å². The lowest BCUT2D eigenvalue weighted by atomic mass is 10.1. The summed E-state index contributed by atoms with van der Waals surface area (Å²) < 4.78 is 1.01. The summed E-state index contributed by atoms with van der Waals surface area (Å²) in [6.07, 6.45) is 2.16. The fourth-order valence-corrected chi connectivity index (χ4v) is 2.41. The molecule has 0 saturated heterocycles. The Hall–Kier alpha value is -1.03. The number of nitrogens with two attached hydrogens (primary N) is 1. The molecule has 1 rings (SSSR count). The fraction of sp³-hybridized carbons (Fsp3) is 0.462. The van der Waals surface area contributed by atoms with Crippen LogP contribution >= 0.6 is 15.9 Å². The predicted octanol–water partition coefficient (Wildman–Crippen LogP) is 3.36. The van der Waals surface area contributed by atoms with Crippen LogP contribution in [-0.4, -0.2) is 18.9 Å². The van der Waals surface area contributed by atoms with Crippen LogP contribution in [0.3, 0.4) is 0 Å². The van der Waals surface area contributed by atoms with Gasteiger partial charge in [0.1, 0.15) is 5.84 Å². The van der Waals surface area contributed by atoms with Crippen LogP contribution in [0.1, 0.15) is 32.3 Å². The Morgan fingerprint density at radius 1 is 1.41 bits per heavy atom. The van der Waals surface area contributed by atoms with E-state index < -0.39 is 0 Å². The predicted molar refractivity (Wildman–Crippen MR) is 77.9 cm³/mol. The second-order valence-corrected chi connectivity index (χ2v) is 5.07. The van der Waals surface area contributed by atoms with Crippen molar-refractivity contribution in [1.29, 1.82) is 5.41 Å². The topological polar surface area (TPSA) is 53.1 Å². The molecule has 0 saturated carbocycles. The largest absolute Gasteiger partial charge is 0.384 e. The van der Waals surface area contributed by atoms with Crippen molar-refractivity contribution in [3.05, 3.63) is 28.2 Å². The fourth-order valence-electron chi connectivity index (χ4n) is 2.06. The van der Waals surface area contributed by atoms with E-state index in [0.29, 0.717) is 6.04 Å². The van der Waals surface area contributed by atoms with Gasteiger partial charge in [-0.15, -0.1) is 0 Å². The number of hydrogen-bond donors (Lipinski definition) is 2. The van der Waals surface area contributed by atoms with Gasteiger partial charge >= 0.3 is 0 Å². The molecular weight excluding hydrogens is 278 g/mol. The molecular formula is C13H20BrN3. The Morgan fingerprint density at radius 3 is 2.47 bits per heavy atom. The standard InChI is InChI=1S/C13H20BrN3/c1-4-10(5-2)17(3)12-8-9(14)6-7-11(12)13(15)16/h6-8,10H,4-5H2,1-3H3,(H3,15,16). The monoisotopic (exact) mass is 297 g/mol. The highest BCUT2D eigenvalue weighted by Crippen LogP contribution is 2.27. The third-order valence-electron chi connectivity index (χ3n) is 3.12. The van der Waals surface area contributed by atoms with Gasteiger partial charge < -0.3 is 10.6 Å². The summed E-state index contributed by atoms with van der Waals surface area (Å²) in [6.45, 7) is 4.35. The highest BCUT2D eigenvalue weighted by atomic mass is 79.9. The van der Waals surface area contributed by atoms with Crippen LogP contribution in [0.4, 0.5) is 5.69 Å². The number of nitrogens with zero attached hydrogens (tertiary/aromatic N) is 1. The number of amidine groups is 1. The van der Waals surface area contributed by atoms with E-state index in [4.69, 9.17) is 11.1 Å². The molecule has 0 aromatic heterocycles. The summed E-state index contributed by atoms with van der Waals surface area (Å²) in [5.74, 6) is 0.116. The molecule has 0 spiro atoms. The van der Waals surface area contributed by atoms with Gasteiger partial charge in [0.05, 0.1) is 0 Å². The molecule has 0 radical (unpaired) electrons. The van der Waals surface area contributed by atoms with Crippen LogP contribution in [0.15, 0.2) is 22.7 Å². The summed E-state index contributed by atoms with van der Waals surface area (Å²) >= 11 is 3.47. The van der Waals surface area contributed by atoms with Gasteiger partial charge in [-0.25, -0.2) is 0 Å². The second-order valence-electron chi connectivity index (χ2n) is 4.16. The van der Waals surface area contributed by atoms with Crippen LogP contribution in [0, 0.1) is 5.41 Å². The zero-order valence-electron chi connectivity index (χ0n) is 10.6. The lowest BCUT2D eigenvalue weighted by Crippen LogP contribution is -2.32. The van der Waals surface area contributed by atoms with Crippen LogP contribution in [0.5, 0.6) is 0 Å². The average molecular weight is 298 g/mol. The van der Waals surface area contributed by atoms with Crippen LogP contribution in [0.2, 0.25) is 0 Å². The van der Waals surface area contributed by atoms with E-state index in [-0.39, 0.29) is 5.84 Å². The highest BCUT2D eigenvalue weighted by Gasteiger charge is 2.16. The van der Waals surface area contributed by atoms with Crippen LogP contribution < -0.4 is 10.6 Å². The van der Waals surface area contributed by atoms with Gasteiger partial charge in [-0.2, -0.15) is 0 Å². The van der Waals surface area contributed by atoms with Crippen molar-refractivity contribution in [2.45, 2.75) is 32.7 Å². The van der Waals surface area contributed by atoms with E-state index in [1.807, 2.05) is 18.2 Å². The van der Waals surface area contributed by atoms with E-state index in [1.54, 1.807) is 0 Å². The minimum absolute atomic E-state index is 0.116. The maximum Gasteiger partial charge on any atom is 0.124 e. The third-order valence-corrected chi connectivity index (χ3v) is 3.61. The first-order valence-corrected chi connectivity index (χ1v) is 6.67. The number of benzene rings is 1. The van der Waals surface area contributed by atoms with Crippen molar-refractivity contribution in [3.63, 3.8) is 0 Å². The maximum atomic E-state index is 7.63. The summed E-state index contributed by atoms with van der Waals surface area (Å²) in [4.78, 5) is 2.21. The average Bonchev–Trinajstić information content (AvgIpc) is 2.29. The molecule has 0 unspecified atom stereocenters. The van der Waals surface area contributed by atoms with E-state index in [2.05, 4.69) is 41.7 Å². The van der Waals surface area contributed by atoms with Gasteiger partial charge in [0.2, 0.25) is 0 Å². The van der Waals surface area contributed by atoms with E-state index in [1.165, 1.54) is 0 Å². The highest BCUT2D eigenvalue weighted by molar-refractivity contribution is 9.10. The molecule has 17 heavy (non-hydrogen) atoms. The number of halogens is 1. The van der Waals surface area contributed by atoms with Gasteiger partial charge in [0.15, 0.2) is 0 Å². The maximum absolute atomic E-state index is 7.63. The SMILES string of the molecule is CCC(CC)N(C)c1cc(Br)ccc1C(=N)N. The second kappa shape index (κ2) is 6.05. The summed E-state index contributed by atoms with van der Waals surface area (Å²) in [7, 11) is 2.06. The lowest BCUT2D eigenvalue weighted by molar-refractivity contribution is 0.591. The Balaban J connectivity index is 3.18. The molecule has 3 nitrogen and oxygen atoms in total. The van der Waals surface area contributed by atoms with Gasteiger partial charge in [-0.05, 0) is 31.0 Å². The molecule has 0 bridgehead atoms. The Labute approximate surface area is 112 Å². The Morgan fingerprint density at radius 2 is 2.00 bits per heavy atom. The van der Waals surface area contributed by atoms with E-state index in [9.17, 15) is 0 Å². The summed E-state index contributed by atoms with van der Waals surface area (Å²) in [6, 6.07) is 6.30. The Bertz CT molecular complexity index is 400. The first-order chi connectivity index (χ1) is 8.01. The Kier molecular flexibility index (Phi) is 5.00. The molecule has 0 heterocycles. The number of nitrogen functional groups attached to an aromatic ring is 1. The van der Waals surface area contributed by atoms with Gasteiger partial charge in [0.25, 0.3) is 0 Å². The number of anilines is 1. The normalized spacial score (nSPS) is 10.6. The minimum atomic E-state index is 0.116. The van der Waals surface area contributed by atoms with Gasteiger partial charge in [0, 0.05) is 28.8 Å². The molecule has 0 aliphatic carbocycles. The van der Waals surface area contributed by atoms with E-state index in [0.717, 1.165) is 28.6 Å². The van der Waals surface area contributed by atoms with Gasteiger partial charge in [-0.3, -0.25) is 5.41 Å². The molecule has 0 amide bonds. The van der Waals surface area contributed by atoms with Gasteiger partial charge in [-0.1, -0.05) is 29.8 Å². The van der Waals surface area contributed by atoms with Crippen molar-refractivity contribution in [3.8, 4) is 0 Å². The molecule has 0 atom stereocenters. The molecule has 0 fully saturated rings. The zero-order chi connectivity index (χ0) is 13.0. The summed E-state index contributed by atoms with van der Waals surface area (Å²) in [5, 5.41) is 7.63. The van der Waals surface area contributed by atoms with Crippen molar-refractivity contribution in [1.82, 2.24) is 0 Å². The first-order valence-electron chi connectivity index (χ1n) is 5.88. The zero-order valence-corrected chi connectivity index (χ0v) is 12.2. The van der Waals surface area contributed by atoms with Crippen molar-refractivity contribution in [2.75, 3.05) is 11.9 Å². The van der Waals surface area contributed by atoms with E-state index >= 15 is 0 Å². The van der Waals surface area contributed by atoms with Crippen LogP contribution in [-0.2, 0) is 0 Å². The smallest absolute Gasteiger partial charge is 0.124 e. The number of hydrogen-bond acceptors (Lipinski definition) is 2. The number of nitrogens with one attached hydrogen (secondary N) is 1. The molecule has 3 N–H and O–H groups in total.